The average molecular weight is 289 g/mol. The molecule has 2 rings (SSSR count). The normalized spacial score (nSPS) is 16.6. The number of amides is 1. The minimum absolute atomic E-state index is 0.0118. The molecule has 0 unspecified atom stereocenters. The third-order valence-corrected chi connectivity index (χ3v) is 4.03. The van der Waals surface area contributed by atoms with Gasteiger partial charge in [-0.25, -0.2) is 0 Å². The van der Waals surface area contributed by atoms with Crippen LogP contribution in [0.2, 0.25) is 0 Å². The summed E-state index contributed by atoms with van der Waals surface area (Å²) in [6, 6.07) is 5.81. The van der Waals surface area contributed by atoms with Crippen molar-refractivity contribution < 1.29 is 9.53 Å². The Morgan fingerprint density at radius 3 is 2.43 bits per heavy atom. The molecule has 1 amide bonds. The second kappa shape index (κ2) is 6.50. The lowest BCUT2D eigenvalue weighted by molar-refractivity contribution is 0.0919. The first-order valence-electron chi connectivity index (χ1n) is 7.91. The minimum atomic E-state index is -0.220. The van der Waals surface area contributed by atoms with Gasteiger partial charge in [-0.05, 0) is 63.3 Å². The van der Waals surface area contributed by atoms with E-state index in [2.05, 4.69) is 5.32 Å². The van der Waals surface area contributed by atoms with E-state index in [0.29, 0.717) is 5.92 Å². The molecule has 1 aliphatic rings. The molecule has 21 heavy (non-hydrogen) atoms. The lowest BCUT2D eigenvalue weighted by Crippen LogP contribution is -2.40. The number of benzene rings is 1. The summed E-state index contributed by atoms with van der Waals surface area (Å²) in [5.74, 6) is 1.42. The van der Waals surface area contributed by atoms with Gasteiger partial charge in [-0.2, -0.15) is 0 Å². The van der Waals surface area contributed by atoms with Crippen molar-refractivity contribution in [3.63, 3.8) is 0 Å². The summed E-state index contributed by atoms with van der Waals surface area (Å²) in [7, 11) is 1.70. The van der Waals surface area contributed by atoms with Gasteiger partial charge in [-0.1, -0.05) is 19.3 Å². The fraction of sp³-hybridized carbons (Fsp3) is 0.611. The molecule has 1 saturated carbocycles. The lowest BCUT2D eigenvalue weighted by Gasteiger charge is -2.25. The van der Waals surface area contributed by atoms with Crippen LogP contribution in [0.15, 0.2) is 18.2 Å². The van der Waals surface area contributed by atoms with Crippen molar-refractivity contribution >= 4 is 5.91 Å². The number of nitrogens with one attached hydrogen (secondary N) is 1. The topological polar surface area (TPSA) is 38.3 Å². The number of carbonyl (C=O) groups is 1. The van der Waals surface area contributed by atoms with E-state index >= 15 is 0 Å². The molecule has 116 valence electrons. The van der Waals surface area contributed by atoms with Crippen LogP contribution in [-0.4, -0.2) is 18.6 Å². The molecule has 1 aromatic carbocycles. The van der Waals surface area contributed by atoms with Gasteiger partial charge in [0, 0.05) is 11.1 Å². The zero-order chi connectivity index (χ0) is 15.5. The Labute approximate surface area is 128 Å². The third-order valence-electron chi connectivity index (χ3n) is 4.03. The smallest absolute Gasteiger partial charge is 0.251 e. The molecule has 0 saturated heterocycles. The fourth-order valence-electron chi connectivity index (χ4n) is 3.02. The summed E-state index contributed by atoms with van der Waals surface area (Å²) >= 11 is 0. The average Bonchev–Trinajstić information content (AvgIpc) is 2.45. The third kappa shape index (κ3) is 4.23. The minimum Gasteiger partial charge on any atom is -0.496 e. The van der Waals surface area contributed by atoms with E-state index in [1.165, 1.54) is 37.7 Å². The van der Waals surface area contributed by atoms with Crippen LogP contribution < -0.4 is 10.1 Å². The molecule has 1 fully saturated rings. The van der Waals surface area contributed by atoms with Crippen molar-refractivity contribution in [3.05, 3.63) is 29.3 Å². The van der Waals surface area contributed by atoms with E-state index in [1.54, 1.807) is 7.11 Å². The van der Waals surface area contributed by atoms with Gasteiger partial charge in [0.25, 0.3) is 5.91 Å². The molecule has 1 aromatic rings. The van der Waals surface area contributed by atoms with Gasteiger partial charge >= 0.3 is 0 Å². The predicted octanol–water partition coefficient (Wildman–Crippen LogP) is 4.27. The van der Waals surface area contributed by atoms with Gasteiger partial charge in [0.15, 0.2) is 0 Å². The van der Waals surface area contributed by atoms with Gasteiger partial charge in [0.1, 0.15) is 5.75 Å². The van der Waals surface area contributed by atoms with Gasteiger partial charge in [-0.15, -0.1) is 0 Å². The Morgan fingerprint density at radius 2 is 1.86 bits per heavy atom. The van der Waals surface area contributed by atoms with Crippen molar-refractivity contribution in [2.75, 3.05) is 7.11 Å². The SMILES string of the molecule is COc1ccc(C(=O)NC(C)(C)C)cc1C1CCCCC1. The Hall–Kier alpha value is -1.51. The Bertz CT molecular complexity index is 496. The first kappa shape index (κ1) is 15.9. The summed E-state index contributed by atoms with van der Waals surface area (Å²) in [5.41, 5.74) is 1.70. The van der Waals surface area contributed by atoms with Crippen molar-refractivity contribution in [3.8, 4) is 5.75 Å². The van der Waals surface area contributed by atoms with E-state index in [1.807, 2.05) is 39.0 Å². The summed E-state index contributed by atoms with van der Waals surface area (Å²) < 4.78 is 5.50. The molecule has 3 heteroatoms. The quantitative estimate of drug-likeness (QED) is 0.902. The maximum absolute atomic E-state index is 12.3. The predicted molar refractivity (Wildman–Crippen MR) is 86.0 cm³/mol. The maximum Gasteiger partial charge on any atom is 0.251 e. The van der Waals surface area contributed by atoms with Gasteiger partial charge in [-0.3, -0.25) is 4.79 Å². The zero-order valence-corrected chi connectivity index (χ0v) is 13.7. The molecular weight excluding hydrogens is 262 g/mol. The summed E-state index contributed by atoms with van der Waals surface area (Å²) in [6.07, 6.45) is 6.25. The van der Waals surface area contributed by atoms with E-state index < -0.39 is 0 Å². The standard InChI is InChI=1S/C18H27NO2/c1-18(2,3)19-17(20)14-10-11-16(21-4)15(12-14)13-8-6-5-7-9-13/h10-13H,5-9H2,1-4H3,(H,19,20). The fourth-order valence-corrected chi connectivity index (χ4v) is 3.02. The number of methoxy groups -OCH3 is 1. The molecule has 0 atom stereocenters. The maximum atomic E-state index is 12.3. The van der Waals surface area contributed by atoms with Crippen LogP contribution in [0.1, 0.15) is 74.7 Å². The highest BCUT2D eigenvalue weighted by Crippen LogP contribution is 2.37. The van der Waals surface area contributed by atoms with Gasteiger partial charge < -0.3 is 10.1 Å². The van der Waals surface area contributed by atoms with E-state index in [0.717, 1.165) is 11.3 Å². The van der Waals surface area contributed by atoms with Crippen LogP contribution in [-0.2, 0) is 0 Å². The van der Waals surface area contributed by atoms with Crippen LogP contribution in [0.4, 0.5) is 0 Å². The monoisotopic (exact) mass is 289 g/mol. The number of hydrogen-bond donors (Lipinski definition) is 1. The van der Waals surface area contributed by atoms with Crippen molar-refractivity contribution in [1.82, 2.24) is 5.32 Å². The number of carbonyl (C=O) groups excluding carboxylic acids is 1. The summed E-state index contributed by atoms with van der Waals surface area (Å²) in [6.45, 7) is 5.99. The first-order valence-corrected chi connectivity index (χ1v) is 7.91. The van der Waals surface area contributed by atoms with E-state index in [4.69, 9.17) is 4.74 Å². The van der Waals surface area contributed by atoms with Crippen LogP contribution >= 0.6 is 0 Å². The molecular formula is C18H27NO2. The van der Waals surface area contributed by atoms with Crippen LogP contribution in [0.25, 0.3) is 0 Å². The highest BCUT2D eigenvalue weighted by atomic mass is 16.5. The molecule has 3 nitrogen and oxygen atoms in total. The van der Waals surface area contributed by atoms with E-state index in [9.17, 15) is 4.79 Å². The number of ether oxygens (including phenoxy) is 1. The Kier molecular flexibility index (Phi) is 4.92. The van der Waals surface area contributed by atoms with Crippen molar-refractivity contribution in [2.24, 2.45) is 0 Å². The molecule has 0 bridgehead atoms. The molecule has 0 aromatic heterocycles. The highest BCUT2D eigenvalue weighted by molar-refractivity contribution is 5.95. The molecule has 0 aliphatic heterocycles. The Balaban J connectivity index is 2.26. The molecule has 0 spiro atoms. The van der Waals surface area contributed by atoms with E-state index in [-0.39, 0.29) is 11.4 Å². The highest BCUT2D eigenvalue weighted by Gasteiger charge is 2.22. The zero-order valence-electron chi connectivity index (χ0n) is 13.7. The Morgan fingerprint density at radius 1 is 1.19 bits per heavy atom. The number of rotatable bonds is 3. The molecule has 1 aliphatic carbocycles. The second-order valence-corrected chi connectivity index (χ2v) is 7.00. The largest absolute Gasteiger partial charge is 0.496 e. The second-order valence-electron chi connectivity index (χ2n) is 7.00. The first-order chi connectivity index (χ1) is 9.90. The van der Waals surface area contributed by atoms with Crippen LogP contribution in [0, 0.1) is 0 Å². The lowest BCUT2D eigenvalue weighted by atomic mass is 9.83. The summed E-state index contributed by atoms with van der Waals surface area (Å²) in [5, 5.41) is 3.02. The number of hydrogen-bond acceptors (Lipinski definition) is 2. The van der Waals surface area contributed by atoms with Crippen LogP contribution in [0.5, 0.6) is 5.75 Å². The van der Waals surface area contributed by atoms with Gasteiger partial charge in [0.05, 0.1) is 7.11 Å². The molecule has 1 N–H and O–H groups in total. The van der Waals surface area contributed by atoms with Crippen LogP contribution in [0.3, 0.4) is 0 Å². The molecule has 0 heterocycles. The van der Waals surface area contributed by atoms with Crippen molar-refractivity contribution in [1.29, 1.82) is 0 Å². The summed E-state index contributed by atoms with van der Waals surface area (Å²) in [4.78, 5) is 12.3. The van der Waals surface area contributed by atoms with Crippen molar-refractivity contribution in [2.45, 2.75) is 64.3 Å². The van der Waals surface area contributed by atoms with Gasteiger partial charge in [0.2, 0.25) is 0 Å². The molecule has 0 radical (unpaired) electrons.